The maximum absolute atomic E-state index is 12.2. The van der Waals surface area contributed by atoms with E-state index in [0.29, 0.717) is 28.4 Å². The molecule has 0 aliphatic heterocycles. The summed E-state index contributed by atoms with van der Waals surface area (Å²) >= 11 is 0. The van der Waals surface area contributed by atoms with Crippen LogP contribution in [0, 0.1) is 0 Å². The van der Waals surface area contributed by atoms with E-state index in [4.69, 9.17) is 18.9 Å². The van der Waals surface area contributed by atoms with Crippen molar-refractivity contribution in [2.75, 3.05) is 20.8 Å². The molecule has 0 heterocycles. The van der Waals surface area contributed by atoms with Gasteiger partial charge in [0, 0.05) is 5.56 Å². The molecule has 2 aromatic carbocycles. The number of carbonyl (C=O) groups is 2. The highest BCUT2D eigenvalue weighted by Crippen LogP contribution is 2.27. The van der Waals surface area contributed by atoms with Gasteiger partial charge >= 0.3 is 5.97 Å². The van der Waals surface area contributed by atoms with Crippen LogP contribution >= 0.6 is 0 Å². The zero-order chi connectivity index (χ0) is 19.1. The molecule has 0 aliphatic rings. The maximum atomic E-state index is 12.2. The van der Waals surface area contributed by atoms with Crippen LogP contribution in [0.25, 0.3) is 0 Å². The average molecular weight is 358 g/mol. The summed E-state index contributed by atoms with van der Waals surface area (Å²) in [5.41, 5.74) is 0.720. The second-order valence-corrected chi connectivity index (χ2v) is 5.76. The molecule has 0 N–H and O–H groups in total. The molecule has 0 bridgehead atoms. The van der Waals surface area contributed by atoms with Gasteiger partial charge in [0.05, 0.1) is 25.9 Å². The fourth-order valence-electron chi connectivity index (χ4n) is 2.25. The third-order valence-electron chi connectivity index (χ3n) is 3.50. The van der Waals surface area contributed by atoms with Crippen LogP contribution in [0.4, 0.5) is 0 Å². The standard InChI is InChI=1S/C20H22O6/c1-13(2)26-16-8-5-14(6-9-16)20(22)25-12-17(21)15-7-10-18(23-3)19(11-15)24-4/h5-11,13H,12H2,1-4H3. The Labute approximate surface area is 152 Å². The van der Waals surface area contributed by atoms with Gasteiger partial charge in [-0.1, -0.05) is 0 Å². The molecule has 0 aromatic heterocycles. The Balaban J connectivity index is 1.97. The van der Waals surface area contributed by atoms with Crippen molar-refractivity contribution in [3.05, 3.63) is 53.6 Å². The Morgan fingerprint density at radius 1 is 0.885 bits per heavy atom. The van der Waals surface area contributed by atoms with Crippen LogP contribution in [0.15, 0.2) is 42.5 Å². The summed E-state index contributed by atoms with van der Waals surface area (Å²) in [6.45, 7) is 3.47. The summed E-state index contributed by atoms with van der Waals surface area (Å²) in [6, 6.07) is 11.3. The molecule has 0 saturated carbocycles. The van der Waals surface area contributed by atoms with E-state index >= 15 is 0 Å². The number of ether oxygens (including phenoxy) is 4. The monoisotopic (exact) mass is 358 g/mol. The average Bonchev–Trinajstić information content (AvgIpc) is 2.65. The molecule has 26 heavy (non-hydrogen) atoms. The molecular formula is C20H22O6. The topological polar surface area (TPSA) is 71.1 Å². The van der Waals surface area contributed by atoms with Crippen molar-refractivity contribution in [1.82, 2.24) is 0 Å². The lowest BCUT2D eigenvalue weighted by atomic mass is 10.1. The number of esters is 1. The van der Waals surface area contributed by atoms with Gasteiger partial charge in [0.1, 0.15) is 5.75 Å². The number of rotatable bonds is 8. The first-order chi connectivity index (χ1) is 12.4. The van der Waals surface area contributed by atoms with Gasteiger partial charge in [0.25, 0.3) is 0 Å². The van der Waals surface area contributed by atoms with E-state index < -0.39 is 5.97 Å². The molecule has 0 aliphatic carbocycles. The first-order valence-electron chi connectivity index (χ1n) is 8.13. The van der Waals surface area contributed by atoms with Crippen molar-refractivity contribution in [2.24, 2.45) is 0 Å². The Morgan fingerprint density at radius 2 is 1.50 bits per heavy atom. The molecular weight excluding hydrogens is 336 g/mol. The second-order valence-electron chi connectivity index (χ2n) is 5.76. The number of methoxy groups -OCH3 is 2. The zero-order valence-electron chi connectivity index (χ0n) is 15.3. The summed E-state index contributed by atoms with van der Waals surface area (Å²) in [5.74, 6) is 0.710. The minimum atomic E-state index is -0.574. The van der Waals surface area contributed by atoms with Crippen molar-refractivity contribution in [3.8, 4) is 17.2 Å². The number of Topliss-reactive ketones (excluding diaryl/α,β-unsaturated/α-hetero) is 1. The highest BCUT2D eigenvalue weighted by molar-refractivity contribution is 5.99. The zero-order valence-corrected chi connectivity index (χ0v) is 15.3. The third-order valence-corrected chi connectivity index (χ3v) is 3.50. The van der Waals surface area contributed by atoms with Crippen molar-refractivity contribution >= 4 is 11.8 Å². The molecule has 0 amide bonds. The van der Waals surface area contributed by atoms with Gasteiger partial charge in [0.2, 0.25) is 0 Å². The predicted octanol–water partition coefficient (Wildman–Crippen LogP) is 3.53. The van der Waals surface area contributed by atoms with E-state index in [1.54, 1.807) is 42.5 Å². The van der Waals surface area contributed by atoms with E-state index in [2.05, 4.69) is 0 Å². The molecule has 6 heteroatoms. The molecule has 0 fully saturated rings. The van der Waals surface area contributed by atoms with E-state index in [9.17, 15) is 9.59 Å². The van der Waals surface area contributed by atoms with Gasteiger partial charge in [0.15, 0.2) is 23.9 Å². The predicted molar refractivity (Wildman–Crippen MR) is 96.4 cm³/mol. The van der Waals surface area contributed by atoms with Gasteiger partial charge in [-0.2, -0.15) is 0 Å². The molecule has 2 rings (SSSR count). The minimum absolute atomic E-state index is 0.0481. The van der Waals surface area contributed by atoms with E-state index in [0.717, 1.165) is 0 Å². The van der Waals surface area contributed by atoms with Crippen LogP contribution in [0.2, 0.25) is 0 Å². The van der Waals surface area contributed by atoms with Gasteiger partial charge in [-0.3, -0.25) is 4.79 Å². The molecule has 0 spiro atoms. The number of hydrogen-bond donors (Lipinski definition) is 0. The first kappa shape index (κ1) is 19.3. The maximum Gasteiger partial charge on any atom is 0.338 e. The number of hydrogen-bond acceptors (Lipinski definition) is 6. The summed E-state index contributed by atoms with van der Waals surface area (Å²) in [5, 5.41) is 0. The lowest BCUT2D eigenvalue weighted by molar-refractivity contribution is 0.0474. The summed E-state index contributed by atoms with van der Waals surface area (Å²) in [6.07, 6.45) is 0.0481. The lowest BCUT2D eigenvalue weighted by Crippen LogP contribution is -2.14. The minimum Gasteiger partial charge on any atom is -0.493 e. The van der Waals surface area contributed by atoms with Gasteiger partial charge in [-0.25, -0.2) is 4.79 Å². The smallest absolute Gasteiger partial charge is 0.338 e. The molecule has 0 radical (unpaired) electrons. The van der Waals surface area contributed by atoms with Gasteiger partial charge in [-0.15, -0.1) is 0 Å². The highest BCUT2D eigenvalue weighted by atomic mass is 16.5. The first-order valence-corrected chi connectivity index (χ1v) is 8.13. The van der Waals surface area contributed by atoms with Crippen LogP contribution in [0.5, 0.6) is 17.2 Å². The Hall–Kier alpha value is -3.02. The van der Waals surface area contributed by atoms with Crippen LogP contribution in [0.1, 0.15) is 34.6 Å². The summed E-state index contributed by atoms with van der Waals surface area (Å²) in [7, 11) is 3.00. The molecule has 0 atom stereocenters. The van der Waals surface area contributed by atoms with Crippen LogP contribution in [-0.2, 0) is 4.74 Å². The number of ketones is 1. The Bertz CT molecular complexity index is 764. The van der Waals surface area contributed by atoms with Crippen LogP contribution < -0.4 is 14.2 Å². The van der Waals surface area contributed by atoms with Crippen molar-refractivity contribution in [1.29, 1.82) is 0 Å². The second kappa shape index (κ2) is 8.89. The fourth-order valence-corrected chi connectivity index (χ4v) is 2.25. The molecule has 0 saturated heterocycles. The number of benzene rings is 2. The SMILES string of the molecule is COc1ccc(C(=O)COC(=O)c2ccc(OC(C)C)cc2)cc1OC. The Morgan fingerprint density at radius 3 is 2.08 bits per heavy atom. The summed E-state index contributed by atoms with van der Waals surface area (Å²) in [4.78, 5) is 24.3. The van der Waals surface area contributed by atoms with Gasteiger partial charge < -0.3 is 18.9 Å². The van der Waals surface area contributed by atoms with Crippen LogP contribution in [0.3, 0.4) is 0 Å². The van der Waals surface area contributed by atoms with Crippen LogP contribution in [-0.4, -0.2) is 38.7 Å². The molecule has 138 valence electrons. The molecule has 6 nitrogen and oxygen atoms in total. The normalized spacial score (nSPS) is 10.3. The van der Waals surface area contributed by atoms with E-state index in [1.165, 1.54) is 14.2 Å². The number of carbonyl (C=O) groups excluding carboxylic acids is 2. The summed E-state index contributed by atoms with van der Waals surface area (Å²) < 4.78 is 20.9. The molecule has 2 aromatic rings. The third kappa shape index (κ3) is 4.99. The quantitative estimate of drug-likeness (QED) is 0.531. The van der Waals surface area contributed by atoms with E-state index in [-0.39, 0.29) is 18.5 Å². The largest absolute Gasteiger partial charge is 0.493 e. The van der Waals surface area contributed by atoms with Gasteiger partial charge in [-0.05, 0) is 56.3 Å². The van der Waals surface area contributed by atoms with Crippen molar-refractivity contribution in [2.45, 2.75) is 20.0 Å². The van der Waals surface area contributed by atoms with Crippen molar-refractivity contribution < 1.29 is 28.5 Å². The fraction of sp³-hybridized carbons (Fsp3) is 0.300. The lowest BCUT2D eigenvalue weighted by Gasteiger charge is -2.10. The van der Waals surface area contributed by atoms with Crippen molar-refractivity contribution in [3.63, 3.8) is 0 Å². The molecule has 0 unspecified atom stereocenters. The highest BCUT2D eigenvalue weighted by Gasteiger charge is 2.14. The Kier molecular flexibility index (Phi) is 6.60. The van der Waals surface area contributed by atoms with E-state index in [1.807, 2.05) is 13.8 Å².